The van der Waals surface area contributed by atoms with Crippen LogP contribution in [0.5, 0.6) is 0 Å². The maximum atomic E-state index is 10.0. The van der Waals surface area contributed by atoms with Crippen LogP contribution in [0.4, 0.5) is 0 Å². The Kier molecular flexibility index (Phi) is 8.70. The molecule has 0 aromatic heterocycles. The van der Waals surface area contributed by atoms with Gasteiger partial charge in [0.15, 0.2) is 0 Å². The maximum Gasteiger partial charge on any atom is 3.00 e. The third-order valence-corrected chi connectivity index (χ3v) is 0.498. The van der Waals surface area contributed by atoms with Crippen molar-refractivity contribution in [3.05, 3.63) is 0 Å². The van der Waals surface area contributed by atoms with Crippen LogP contribution < -0.4 is 0 Å². The van der Waals surface area contributed by atoms with Gasteiger partial charge in [-0.3, -0.25) is 9.59 Å². The van der Waals surface area contributed by atoms with E-state index in [0.29, 0.717) is 0 Å². The van der Waals surface area contributed by atoms with Gasteiger partial charge in [0.2, 0.25) is 0 Å². The van der Waals surface area contributed by atoms with E-state index in [-0.39, 0.29) is 64.9 Å². The average Bonchev–Trinajstić information content (AvgIpc) is 1.27. The molecule has 0 amide bonds. The second-order valence-corrected chi connectivity index (χ2v) is 1.58. The molecule has 0 heterocycles. The van der Waals surface area contributed by atoms with Crippen LogP contribution >= 0.6 is 0 Å². The second-order valence-electron chi connectivity index (χ2n) is 1.58. The van der Waals surface area contributed by atoms with Gasteiger partial charge in [0.05, 0.1) is 6.42 Å². The first-order chi connectivity index (χ1) is 3.13. The molecule has 0 aromatic rings. The third-order valence-electron chi connectivity index (χ3n) is 0.498. The summed E-state index contributed by atoms with van der Waals surface area (Å²) in [6.07, 6.45) is 0.0833. The Morgan fingerprint density at radius 1 is 1.12 bits per heavy atom. The van der Waals surface area contributed by atoms with Crippen LogP contribution in [0, 0.1) is 46.9 Å². The predicted molar refractivity (Wildman–Crippen MR) is 26.0 cm³/mol. The molecule has 0 atom stereocenters. The molecule has 1 radical (unpaired) electrons. The van der Waals surface area contributed by atoms with Crippen molar-refractivity contribution in [1.82, 2.24) is 0 Å². The first kappa shape index (κ1) is 11.6. The Bertz CT molecular complexity index is 86.6. The van der Waals surface area contributed by atoms with Gasteiger partial charge >= 0.3 is 46.9 Å². The van der Waals surface area contributed by atoms with E-state index in [1.165, 1.54) is 13.8 Å². The Morgan fingerprint density at radius 3 is 1.38 bits per heavy atom. The summed E-state index contributed by atoms with van der Waals surface area (Å²) in [7, 11) is 0. The van der Waals surface area contributed by atoms with Crippen LogP contribution in [0.2, 0.25) is 0 Å². The fourth-order valence-corrected chi connectivity index (χ4v) is 0.351. The van der Waals surface area contributed by atoms with Crippen molar-refractivity contribution in [3.8, 4) is 0 Å². The van der Waals surface area contributed by atoms with Gasteiger partial charge in [0.25, 0.3) is 0 Å². The molecule has 2 nitrogen and oxygen atoms in total. The SMILES string of the molecule is CC(=O)CC(C)=O.[Yb+3]. The van der Waals surface area contributed by atoms with Crippen LogP contribution in [0.25, 0.3) is 0 Å². The maximum absolute atomic E-state index is 10.0. The minimum absolute atomic E-state index is 0. The zero-order valence-corrected chi connectivity index (χ0v) is 6.51. The number of hydrogen-bond donors (Lipinski definition) is 0. The van der Waals surface area contributed by atoms with Crippen LogP contribution in [0.3, 0.4) is 0 Å². The fourth-order valence-electron chi connectivity index (χ4n) is 0.351. The second kappa shape index (κ2) is 5.99. The van der Waals surface area contributed by atoms with Crippen molar-refractivity contribution in [3.63, 3.8) is 0 Å². The molecule has 0 aliphatic rings. The summed E-state index contributed by atoms with van der Waals surface area (Å²) in [6.45, 7) is 2.81. The van der Waals surface area contributed by atoms with Crippen LogP contribution in [-0.4, -0.2) is 11.6 Å². The fraction of sp³-hybridized carbons (Fsp3) is 0.600. The molecule has 0 N–H and O–H groups in total. The Hall–Kier alpha value is 0.859. The van der Waals surface area contributed by atoms with E-state index in [0.717, 1.165) is 0 Å². The average molecular weight is 273 g/mol. The molecule has 0 spiro atoms. The van der Waals surface area contributed by atoms with Gasteiger partial charge in [0, 0.05) is 0 Å². The molecule has 0 aromatic carbocycles. The number of carbonyl (C=O) groups is 2. The zero-order chi connectivity index (χ0) is 5.86. The minimum Gasteiger partial charge on any atom is -0.300 e. The van der Waals surface area contributed by atoms with Gasteiger partial charge in [-0.15, -0.1) is 0 Å². The Morgan fingerprint density at radius 2 is 1.38 bits per heavy atom. The van der Waals surface area contributed by atoms with E-state index >= 15 is 0 Å². The summed E-state index contributed by atoms with van der Waals surface area (Å²) in [4.78, 5) is 20.1. The summed E-state index contributed by atoms with van der Waals surface area (Å²) >= 11 is 0. The molecule has 0 fully saturated rings. The third kappa shape index (κ3) is 9.97. The summed E-state index contributed by atoms with van der Waals surface area (Å²) in [5.74, 6) is -0.125. The standard InChI is InChI=1S/C5H8O2.Yb/c1-4(6)3-5(2)7;/h3H2,1-2H3;/q;+3. The molecule has 51 valence electrons. The van der Waals surface area contributed by atoms with Gasteiger partial charge in [-0.2, -0.15) is 0 Å². The van der Waals surface area contributed by atoms with E-state index in [1.54, 1.807) is 0 Å². The zero-order valence-electron chi connectivity index (χ0n) is 4.79. The van der Waals surface area contributed by atoms with E-state index in [2.05, 4.69) is 0 Å². The number of ketones is 2. The van der Waals surface area contributed by atoms with Gasteiger partial charge in [0.1, 0.15) is 11.6 Å². The molecule has 0 aliphatic heterocycles. The molecule has 0 saturated heterocycles. The summed E-state index contributed by atoms with van der Waals surface area (Å²) in [5, 5.41) is 0. The molecule has 0 saturated carbocycles. The number of carbonyl (C=O) groups excluding carboxylic acids is 2. The van der Waals surface area contributed by atoms with E-state index in [4.69, 9.17) is 0 Å². The molecule has 0 bridgehead atoms. The van der Waals surface area contributed by atoms with E-state index < -0.39 is 0 Å². The van der Waals surface area contributed by atoms with Crippen molar-refractivity contribution in [2.75, 3.05) is 0 Å². The first-order valence-corrected chi connectivity index (χ1v) is 2.12. The van der Waals surface area contributed by atoms with Crippen molar-refractivity contribution >= 4 is 11.6 Å². The summed E-state index contributed by atoms with van der Waals surface area (Å²) < 4.78 is 0. The predicted octanol–water partition coefficient (Wildman–Crippen LogP) is 0.554. The van der Waals surface area contributed by atoms with E-state index in [1.807, 2.05) is 0 Å². The number of hydrogen-bond acceptors (Lipinski definition) is 2. The van der Waals surface area contributed by atoms with Gasteiger partial charge in [-0.25, -0.2) is 0 Å². The van der Waals surface area contributed by atoms with Crippen LogP contribution in [0.1, 0.15) is 20.3 Å². The topological polar surface area (TPSA) is 34.1 Å². The number of Topliss-reactive ketones (excluding diaryl/α,β-unsaturated/α-hetero) is 2. The summed E-state index contributed by atoms with van der Waals surface area (Å²) in [5.41, 5.74) is 0. The van der Waals surface area contributed by atoms with Crippen LogP contribution in [-0.2, 0) is 9.59 Å². The monoisotopic (exact) mass is 274 g/mol. The molecule has 3 heteroatoms. The van der Waals surface area contributed by atoms with Crippen LogP contribution in [0.15, 0.2) is 0 Å². The molecule has 8 heavy (non-hydrogen) atoms. The molecular formula is C5H8O2Yb+3. The first-order valence-electron chi connectivity index (χ1n) is 2.12. The van der Waals surface area contributed by atoms with Gasteiger partial charge in [-0.1, -0.05) is 0 Å². The van der Waals surface area contributed by atoms with Crippen molar-refractivity contribution in [2.45, 2.75) is 20.3 Å². The molecule has 0 aliphatic carbocycles. The van der Waals surface area contributed by atoms with E-state index in [9.17, 15) is 9.59 Å². The Balaban J connectivity index is 0. The summed E-state index contributed by atoms with van der Waals surface area (Å²) in [6, 6.07) is 0. The molecule has 0 unspecified atom stereocenters. The van der Waals surface area contributed by atoms with Crippen molar-refractivity contribution < 1.29 is 56.5 Å². The smallest absolute Gasteiger partial charge is 0.300 e. The Labute approximate surface area is 87.3 Å². The quantitative estimate of drug-likeness (QED) is 0.689. The minimum atomic E-state index is -0.0625. The van der Waals surface area contributed by atoms with Crippen molar-refractivity contribution in [1.29, 1.82) is 0 Å². The van der Waals surface area contributed by atoms with Gasteiger partial charge in [-0.05, 0) is 13.8 Å². The largest absolute Gasteiger partial charge is 3.00 e. The number of rotatable bonds is 2. The van der Waals surface area contributed by atoms with Gasteiger partial charge < -0.3 is 0 Å². The normalized spacial score (nSPS) is 7.25. The van der Waals surface area contributed by atoms with Crippen molar-refractivity contribution in [2.24, 2.45) is 0 Å². The molecule has 0 rings (SSSR count). The molecular weight excluding hydrogens is 265 g/mol.